The van der Waals surface area contributed by atoms with Crippen LogP contribution in [0.5, 0.6) is 0 Å². The van der Waals surface area contributed by atoms with E-state index in [0.717, 1.165) is 16.6 Å². The Kier molecular flexibility index (Phi) is 16.1. The van der Waals surface area contributed by atoms with Crippen molar-refractivity contribution in [2.45, 2.75) is 39.5 Å². The van der Waals surface area contributed by atoms with Gasteiger partial charge >= 0.3 is 18.9 Å². The average Bonchev–Trinajstić information content (AvgIpc) is 2.06. The fourth-order valence-corrected chi connectivity index (χ4v) is 1.90. The molecule has 0 aromatic carbocycles. The van der Waals surface area contributed by atoms with E-state index >= 15 is 0 Å². The van der Waals surface area contributed by atoms with Crippen LogP contribution in [-0.2, 0) is 0 Å². The van der Waals surface area contributed by atoms with E-state index < -0.39 is 0 Å². The second-order valence-electron chi connectivity index (χ2n) is 2.77. The average molecular weight is 213 g/mol. The van der Waals surface area contributed by atoms with E-state index in [0.29, 0.717) is 0 Å². The predicted octanol–water partition coefficient (Wildman–Crippen LogP) is 0.311. The molecular formula is C9H20LiNS2. The summed E-state index contributed by atoms with van der Waals surface area (Å²) in [5.74, 6) is 1.16. The molecule has 0 atom stereocenters. The molecule has 13 heavy (non-hydrogen) atoms. The monoisotopic (exact) mass is 213 g/mol. The van der Waals surface area contributed by atoms with Crippen LogP contribution in [0.15, 0.2) is 0 Å². The number of hydrogen-bond acceptors (Lipinski definition) is 2. The molecule has 0 spiro atoms. The Balaban J connectivity index is -0.000000605. The van der Waals surface area contributed by atoms with Crippen LogP contribution in [0.25, 0.3) is 0 Å². The van der Waals surface area contributed by atoms with Gasteiger partial charge in [-0.2, -0.15) is 0 Å². The second kappa shape index (κ2) is 12.8. The molecule has 0 aliphatic carbocycles. The molecule has 0 aromatic heterocycles. The van der Waals surface area contributed by atoms with Crippen LogP contribution in [0.3, 0.4) is 0 Å². The Morgan fingerprint density at radius 3 is 2.46 bits per heavy atom. The minimum Gasteiger partial charge on any atom is -1.00 e. The minimum atomic E-state index is 0. The largest absolute Gasteiger partial charge is 1.00 e. The Bertz CT molecular complexity index is 113. The van der Waals surface area contributed by atoms with Crippen molar-refractivity contribution in [3.8, 4) is 0 Å². The van der Waals surface area contributed by atoms with Crippen LogP contribution in [0.2, 0.25) is 0 Å². The molecular weight excluding hydrogens is 193 g/mol. The standard InChI is InChI=1S/C9H19NS2.Li.H/c1-3-5-7-10-9(11)12-8-6-4-2;;/h3-8H2,1-2H3,(H,10,11);;/q;+1;-1. The molecule has 1 nitrogen and oxygen atoms in total. The van der Waals surface area contributed by atoms with Crippen LogP contribution in [0.4, 0.5) is 0 Å². The van der Waals surface area contributed by atoms with E-state index in [1.165, 1.54) is 25.7 Å². The summed E-state index contributed by atoms with van der Waals surface area (Å²) in [4.78, 5) is 0. The summed E-state index contributed by atoms with van der Waals surface area (Å²) < 4.78 is 0.969. The fraction of sp³-hybridized carbons (Fsp3) is 0.889. The Morgan fingerprint density at radius 2 is 1.92 bits per heavy atom. The number of unbranched alkanes of at least 4 members (excludes halogenated alkanes) is 2. The molecule has 1 N–H and O–H groups in total. The van der Waals surface area contributed by atoms with Crippen molar-refractivity contribution < 1.29 is 20.3 Å². The summed E-state index contributed by atoms with van der Waals surface area (Å²) in [5.41, 5.74) is 0. The van der Waals surface area contributed by atoms with Gasteiger partial charge in [-0.15, -0.1) is 0 Å². The molecule has 0 rings (SSSR count). The quantitative estimate of drug-likeness (QED) is 0.387. The van der Waals surface area contributed by atoms with Gasteiger partial charge in [0.15, 0.2) is 0 Å². The van der Waals surface area contributed by atoms with Crippen LogP contribution in [-0.4, -0.2) is 16.6 Å². The molecule has 4 heteroatoms. The Hall–Kier alpha value is 0.837. The summed E-state index contributed by atoms with van der Waals surface area (Å²) in [6.45, 7) is 5.43. The maximum atomic E-state index is 5.13. The predicted molar refractivity (Wildman–Crippen MR) is 64.0 cm³/mol. The third-order valence-electron chi connectivity index (χ3n) is 1.53. The molecule has 74 valence electrons. The normalized spacial score (nSPS) is 9.08. The molecule has 0 bridgehead atoms. The molecule has 0 unspecified atom stereocenters. The molecule has 0 heterocycles. The zero-order valence-corrected chi connectivity index (χ0v) is 10.7. The van der Waals surface area contributed by atoms with Crippen molar-refractivity contribution in [3.05, 3.63) is 0 Å². The SMILES string of the molecule is CCCCNC(=S)SCCCC.[H-].[Li+]. The molecule has 0 saturated carbocycles. The van der Waals surface area contributed by atoms with Gasteiger partial charge < -0.3 is 6.74 Å². The number of nitrogens with one attached hydrogen (secondary N) is 1. The third-order valence-corrected chi connectivity index (χ3v) is 2.93. The van der Waals surface area contributed by atoms with Crippen LogP contribution >= 0.6 is 24.0 Å². The summed E-state index contributed by atoms with van der Waals surface area (Å²) in [7, 11) is 0. The molecule has 0 aromatic rings. The Morgan fingerprint density at radius 1 is 1.31 bits per heavy atom. The number of thiocarbonyl (C=S) groups is 1. The van der Waals surface area contributed by atoms with E-state index in [1.54, 1.807) is 11.8 Å². The van der Waals surface area contributed by atoms with Crippen LogP contribution < -0.4 is 24.2 Å². The van der Waals surface area contributed by atoms with E-state index in [2.05, 4.69) is 19.2 Å². The van der Waals surface area contributed by atoms with E-state index in [1.807, 2.05) is 0 Å². The molecule has 0 radical (unpaired) electrons. The maximum Gasteiger partial charge on any atom is 1.00 e. The molecule has 0 amide bonds. The van der Waals surface area contributed by atoms with Gasteiger partial charge in [0, 0.05) is 12.3 Å². The molecule has 0 saturated heterocycles. The number of hydrogen-bond donors (Lipinski definition) is 1. The Labute approximate surface area is 105 Å². The van der Waals surface area contributed by atoms with E-state index in [4.69, 9.17) is 12.2 Å². The first-order valence-electron chi connectivity index (χ1n) is 4.71. The molecule has 0 aliphatic rings. The van der Waals surface area contributed by atoms with Crippen molar-refractivity contribution >= 4 is 28.3 Å². The van der Waals surface area contributed by atoms with Crippen molar-refractivity contribution in [2.75, 3.05) is 12.3 Å². The van der Waals surface area contributed by atoms with Gasteiger partial charge in [-0.3, -0.25) is 0 Å². The van der Waals surface area contributed by atoms with Gasteiger partial charge in [-0.25, -0.2) is 0 Å². The summed E-state index contributed by atoms with van der Waals surface area (Å²) in [5, 5.41) is 3.24. The van der Waals surface area contributed by atoms with Gasteiger partial charge in [0.25, 0.3) is 0 Å². The first kappa shape index (κ1) is 16.3. The smallest absolute Gasteiger partial charge is 1.00 e. The third kappa shape index (κ3) is 12.8. The van der Waals surface area contributed by atoms with E-state index in [9.17, 15) is 0 Å². The van der Waals surface area contributed by atoms with Gasteiger partial charge in [0.05, 0.1) is 0 Å². The zero-order valence-electron chi connectivity index (χ0n) is 10.1. The van der Waals surface area contributed by atoms with Crippen molar-refractivity contribution in [2.24, 2.45) is 0 Å². The van der Waals surface area contributed by atoms with Crippen molar-refractivity contribution in [1.29, 1.82) is 0 Å². The van der Waals surface area contributed by atoms with Crippen molar-refractivity contribution in [3.63, 3.8) is 0 Å². The first-order valence-corrected chi connectivity index (χ1v) is 6.11. The summed E-state index contributed by atoms with van der Waals surface area (Å²) in [6.07, 6.45) is 4.97. The number of thioether (sulfide) groups is 1. The van der Waals surface area contributed by atoms with Gasteiger partial charge in [-0.05, 0) is 12.8 Å². The molecule has 0 fully saturated rings. The van der Waals surface area contributed by atoms with Gasteiger partial charge in [0.1, 0.15) is 4.32 Å². The van der Waals surface area contributed by atoms with Gasteiger partial charge in [0.2, 0.25) is 0 Å². The summed E-state index contributed by atoms with van der Waals surface area (Å²) in [6, 6.07) is 0. The molecule has 0 aliphatic heterocycles. The van der Waals surface area contributed by atoms with Gasteiger partial charge in [-0.1, -0.05) is 50.7 Å². The second-order valence-corrected chi connectivity index (χ2v) is 4.54. The van der Waals surface area contributed by atoms with Crippen LogP contribution in [0.1, 0.15) is 41.0 Å². The topological polar surface area (TPSA) is 12.0 Å². The fourth-order valence-electron chi connectivity index (χ4n) is 0.727. The number of rotatable bonds is 6. The zero-order chi connectivity index (χ0) is 9.23. The van der Waals surface area contributed by atoms with Crippen LogP contribution in [0, 0.1) is 0 Å². The van der Waals surface area contributed by atoms with E-state index in [-0.39, 0.29) is 20.3 Å². The summed E-state index contributed by atoms with van der Waals surface area (Å²) >= 11 is 6.90. The first-order chi connectivity index (χ1) is 5.81. The minimum absolute atomic E-state index is 0. The maximum absolute atomic E-state index is 5.13. The van der Waals surface area contributed by atoms with Crippen molar-refractivity contribution in [1.82, 2.24) is 5.32 Å².